The van der Waals surface area contributed by atoms with E-state index in [0.29, 0.717) is 50.6 Å². The molecule has 0 spiro atoms. The summed E-state index contributed by atoms with van der Waals surface area (Å²) in [5.41, 5.74) is 13.3. The van der Waals surface area contributed by atoms with Crippen molar-refractivity contribution >= 4 is 43.6 Å². The minimum absolute atomic E-state index is 0.359. The molecule has 7 heteroatoms. The van der Waals surface area contributed by atoms with E-state index in [9.17, 15) is 15.8 Å². The van der Waals surface area contributed by atoms with E-state index in [1.54, 1.807) is 24.3 Å². The third kappa shape index (κ3) is 6.02. The van der Waals surface area contributed by atoms with Crippen LogP contribution in [0.4, 0.5) is 0 Å². The smallest absolute Gasteiger partial charge is 0.161 e. The summed E-state index contributed by atoms with van der Waals surface area (Å²) in [4.78, 5) is 9.86. The number of nitriles is 3. The van der Waals surface area contributed by atoms with Gasteiger partial charge in [0.15, 0.2) is 5.82 Å². The number of aromatic nitrogens is 4. The SMILES string of the molecule is Cc1ccccc1-c1cc(-c2cc(C#N)c(-c3ccc(-n4c5ccccc5c5cc(-n6c7ccccc7c7ccccc76)ccc54)cc3)cc2C#N)nc(-c2ccccc2C#N)n1. The predicted molar refractivity (Wildman–Crippen MR) is 251 cm³/mol. The normalized spacial score (nSPS) is 11.2. The van der Waals surface area contributed by atoms with E-state index in [1.807, 2.05) is 61.5 Å². The lowest BCUT2D eigenvalue weighted by atomic mass is 9.92. The molecule has 63 heavy (non-hydrogen) atoms. The van der Waals surface area contributed by atoms with E-state index >= 15 is 0 Å². The molecule has 0 N–H and O–H groups in total. The average Bonchev–Trinajstić information content (AvgIpc) is 3.86. The van der Waals surface area contributed by atoms with Crippen molar-refractivity contribution in [2.75, 3.05) is 0 Å². The quantitative estimate of drug-likeness (QED) is 0.166. The number of hydrogen-bond acceptors (Lipinski definition) is 5. The Kier molecular flexibility index (Phi) is 8.72. The minimum Gasteiger partial charge on any atom is -0.309 e. The Labute approximate surface area is 362 Å². The predicted octanol–water partition coefficient (Wildman–Crippen LogP) is 13.3. The van der Waals surface area contributed by atoms with Crippen molar-refractivity contribution in [1.82, 2.24) is 19.1 Å². The van der Waals surface area contributed by atoms with E-state index in [0.717, 1.165) is 60.9 Å². The maximum absolute atomic E-state index is 10.6. The van der Waals surface area contributed by atoms with Crippen molar-refractivity contribution in [3.63, 3.8) is 0 Å². The van der Waals surface area contributed by atoms with Crippen LogP contribution in [0.3, 0.4) is 0 Å². The Bertz CT molecular complexity index is 3740. The van der Waals surface area contributed by atoms with Gasteiger partial charge in [0, 0.05) is 55.2 Å². The molecule has 0 unspecified atom stereocenters. The fourth-order valence-electron chi connectivity index (χ4n) is 9.08. The molecule has 11 rings (SSSR count). The van der Waals surface area contributed by atoms with Crippen molar-refractivity contribution in [2.45, 2.75) is 6.92 Å². The molecule has 0 saturated heterocycles. The highest BCUT2D eigenvalue weighted by molar-refractivity contribution is 6.12. The van der Waals surface area contributed by atoms with Gasteiger partial charge >= 0.3 is 0 Å². The minimum atomic E-state index is 0.359. The van der Waals surface area contributed by atoms with E-state index in [2.05, 4.69) is 130 Å². The Hall–Kier alpha value is -9.09. The number of benzene rings is 8. The van der Waals surface area contributed by atoms with Crippen LogP contribution >= 0.6 is 0 Å². The molecule has 3 aromatic heterocycles. The first-order valence-corrected chi connectivity index (χ1v) is 20.6. The molecule has 0 aliphatic rings. The summed E-state index contributed by atoms with van der Waals surface area (Å²) in [6.45, 7) is 2.01. The zero-order valence-corrected chi connectivity index (χ0v) is 34.0. The molecule has 0 aliphatic heterocycles. The van der Waals surface area contributed by atoms with Crippen LogP contribution < -0.4 is 0 Å². The van der Waals surface area contributed by atoms with Gasteiger partial charge in [0.2, 0.25) is 0 Å². The molecular weight excluding hydrogens is 771 g/mol. The fourth-order valence-corrected chi connectivity index (χ4v) is 9.08. The first-order valence-electron chi connectivity index (χ1n) is 20.6. The van der Waals surface area contributed by atoms with Crippen molar-refractivity contribution in [1.29, 1.82) is 15.8 Å². The van der Waals surface area contributed by atoms with Crippen LogP contribution in [0.5, 0.6) is 0 Å². The molecule has 11 aromatic rings. The molecule has 0 radical (unpaired) electrons. The summed E-state index contributed by atoms with van der Waals surface area (Å²) in [6.07, 6.45) is 0. The van der Waals surface area contributed by atoms with Crippen LogP contribution in [0, 0.1) is 40.9 Å². The molecule has 0 atom stereocenters. The summed E-state index contributed by atoms with van der Waals surface area (Å²) < 4.78 is 4.63. The zero-order chi connectivity index (χ0) is 42.6. The molecule has 292 valence electrons. The fraction of sp³-hybridized carbons (Fsp3) is 0.0179. The summed E-state index contributed by atoms with van der Waals surface area (Å²) in [5, 5.41) is 36.0. The molecule has 0 fully saturated rings. The summed E-state index contributed by atoms with van der Waals surface area (Å²) in [5.74, 6) is 0.359. The van der Waals surface area contributed by atoms with E-state index < -0.39 is 0 Å². The van der Waals surface area contributed by atoms with Gasteiger partial charge in [0.05, 0.1) is 68.4 Å². The van der Waals surface area contributed by atoms with Crippen LogP contribution in [-0.2, 0) is 0 Å². The lowest BCUT2D eigenvalue weighted by Crippen LogP contribution is -2.00. The van der Waals surface area contributed by atoms with Crippen molar-refractivity contribution in [3.05, 3.63) is 204 Å². The van der Waals surface area contributed by atoms with Crippen LogP contribution in [0.25, 0.3) is 100 Å². The number of para-hydroxylation sites is 3. The van der Waals surface area contributed by atoms with E-state index in [1.165, 1.54) is 10.8 Å². The number of fused-ring (bicyclic) bond motifs is 6. The molecule has 0 saturated carbocycles. The molecule has 0 aliphatic carbocycles. The Morgan fingerprint density at radius 2 is 0.857 bits per heavy atom. The molecule has 0 bridgehead atoms. The first kappa shape index (κ1) is 36.9. The van der Waals surface area contributed by atoms with Gasteiger partial charge in [-0.2, -0.15) is 15.8 Å². The Balaban J connectivity index is 1.02. The van der Waals surface area contributed by atoms with Crippen LogP contribution in [-0.4, -0.2) is 19.1 Å². The molecule has 8 aromatic carbocycles. The second kappa shape index (κ2) is 14.9. The topological polar surface area (TPSA) is 107 Å². The first-order chi connectivity index (χ1) is 31.0. The summed E-state index contributed by atoms with van der Waals surface area (Å²) in [7, 11) is 0. The number of aryl methyl sites for hydroxylation is 1. The number of nitrogens with zero attached hydrogens (tertiary/aromatic N) is 7. The zero-order valence-electron chi connectivity index (χ0n) is 34.0. The second-order valence-corrected chi connectivity index (χ2v) is 15.6. The van der Waals surface area contributed by atoms with Gasteiger partial charge in [-0.3, -0.25) is 0 Å². The van der Waals surface area contributed by atoms with Gasteiger partial charge in [-0.05, 0) is 96.9 Å². The Morgan fingerprint density at radius 1 is 0.381 bits per heavy atom. The van der Waals surface area contributed by atoms with Gasteiger partial charge in [-0.15, -0.1) is 0 Å². The average molecular weight is 804 g/mol. The molecular formula is C56H33N7. The van der Waals surface area contributed by atoms with Gasteiger partial charge < -0.3 is 9.13 Å². The Morgan fingerprint density at radius 3 is 1.49 bits per heavy atom. The van der Waals surface area contributed by atoms with Gasteiger partial charge in [-0.1, -0.05) is 103 Å². The molecule has 0 amide bonds. The maximum atomic E-state index is 10.6. The van der Waals surface area contributed by atoms with E-state index in [4.69, 9.17) is 9.97 Å². The van der Waals surface area contributed by atoms with Crippen molar-refractivity contribution in [3.8, 4) is 74.6 Å². The van der Waals surface area contributed by atoms with Crippen molar-refractivity contribution < 1.29 is 0 Å². The highest BCUT2D eigenvalue weighted by Gasteiger charge is 2.20. The standard InChI is InChI=1S/C56H33N7/c1-35-12-2-4-14-42(35)50-31-51(61-56(60-50)43-15-5-3-13-37(43)32-57)48-29-38(33-58)47(28-39(48)34-59)36-22-24-40(25-23-36)62-54-21-11-8-18-46(54)49-30-41(26-27-55(49)62)63-52-19-9-6-16-44(52)45-17-7-10-20-53(45)63/h2-31H,1H3. The van der Waals surface area contributed by atoms with Gasteiger partial charge in [0.25, 0.3) is 0 Å². The molecule has 3 heterocycles. The van der Waals surface area contributed by atoms with Gasteiger partial charge in [-0.25, -0.2) is 9.97 Å². The summed E-state index contributed by atoms with van der Waals surface area (Å²) >= 11 is 0. The number of hydrogen-bond donors (Lipinski definition) is 0. The largest absolute Gasteiger partial charge is 0.309 e. The monoisotopic (exact) mass is 803 g/mol. The van der Waals surface area contributed by atoms with Crippen molar-refractivity contribution in [2.24, 2.45) is 0 Å². The molecule has 7 nitrogen and oxygen atoms in total. The third-order valence-electron chi connectivity index (χ3n) is 12.0. The summed E-state index contributed by atoms with van der Waals surface area (Å²) in [6, 6.07) is 68.0. The highest BCUT2D eigenvalue weighted by atomic mass is 15.0. The highest BCUT2D eigenvalue weighted by Crippen LogP contribution is 2.39. The van der Waals surface area contributed by atoms with Crippen LogP contribution in [0.15, 0.2) is 182 Å². The van der Waals surface area contributed by atoms with E-state index in [-0.39, 0.29) is 0 Å². The van der Waals surface area contributed by atoms with Crippen LogP contribution in [0.1, 0.15) is 22.3 Å². The second-order valence-electron chi connectivity index (χ2n) is 15.6. The third-order valence-corrected chi connectivity index (χ3v) is 12.0. The lowest BCUT2D eigenvalue weighted by molar-refractivity contribution is 1.16. The van der Waals surface area contributed by atoms with Gasteiger partial charge in [0.1, 0.15) is 0 Å². The maximum Gasteiger partial charge on any atom is 0.161 e. The number of rotatable bonds is 6. The van der Waals surface area contributed by atoms with Crippen LogP contribution in [0.2, 0.25) is 0 Å². The lowest BCUT2D eigenvalue weighted by Gasteiger charge is -2.14.